The van der Waals surface area contributed by atoms with Gasteiger partial charge in [0, 0.05) is 24.3 Å². The van der Waals surface area contributed by atoms with Gasteiger partial charge >= 0.3 is 0 Å². The van der Waals surface area contributed by atoms with Crippen molar-refractivity contribution in [2.24, 2.45) is 0 Å². The number of hydrogen-bond acceptors (Lipinski definition) is 4. The fourth-order valence-electron chi connectivity index (χ4n) is 3.34. The molecule has 0 unspecified atom stereocenters. The summed E-state index contributed by atoms with van der Waals surface area (Å²) in [5, 5.41) is 0. The first-order valence-electron chi connectivity index (χ1n) is 8.40. The molecular formula is C20H24N2O3. The summed E-state index contributed by atoms with van der Waals surface area (Å²) in [6, 6.07) is 13.9. The van der Waals surface area contributed by atoms with Crippen molar-refractivity contribution in [3.63, 3.8) is 0 Å². The highest BCUT2D eigenvalue weighted by molar-refractivity contribution is 5.96. The van der Waals surface area contributed by atoms with Crippen molar-refractivity contribution < 1.29 is 14.3 Å². The molecule has 0 fully saturated rings. The molecule has 1 heterocycles. The van der Waals surface area contributed by atoms with Gasteiger partial charge in [0.05, 0.1) is 20.8 Å². The molecule has 5 heteroatoms. The third-order valence-corrected chi connectivity index (χ3v) is 4.52. The Labute approximate surface area is 148 Å². The Morgan fingerprint density at radius 2 is 1.92 bits per heavy atom. The number of anilines is 1. The van der Waals surface area contributed by atoms with Gasteiger partial charge in [0.15, 0.2) is 11.5 Å². The van der Waals surface area contributed by atoms with Crippen LogP contribution in [0.5, 0.6) is 11.5 Å². The van der Waals surface area contributed by atoms with Crippen LogP contribution in [-0.2, 0) is 17.8 Å². The first-order valence-corrected chi connectivity index (χ1v) is 8.40. The molecule has 1 aliphatic heterocycles. The highest BCUT2D eigenvalue weighted by atomic mass is 16.5. The zero-order valence-electron chi connectivity index (χ0n) is 15.0. The number of nitrogens with zero attached hydrogens (tertiary/aromatic N) is 2. The molecule has 0 atom stereocenters. The summed E-state index contributed by atoms with van der Waals surface area (Å²) in [6.45, 7) is 1.73. The van der Waals surface area contributed by atoms with E-state index in [1.807, 2.05) is 53.2 Å². The minimum atomic E-state index is 0.120. The molecule has 0 saturated carbocycles. The minimum Gasteiger partial charge on any atom is -0.493 e. The second-order valence-corrected chi connectivity index (χ2v) is 6.25. The Morgan fingerprint density at radius 3 is 2.68 bits per heavy atom. The maximum absolute atomic E-state index is 12.7. The van der Waals surface area contributed by atoms with Crippen LogP contribution in [-0.4, -0.2) is 45.2 Å². The third-order valence-electron chi connectivity index (χ3n) is 4.52. The quantitative estimate of drug-likeness (QED) is 0.811. The third kappa shape index (κ3) is 3.61. The summed E-state index contributed by atoms with van der Waals surface area (Å²) < 4.78 is 10.8. The molecule has 5 nitrogen and oxygen atoms in total. The normalized spacial score (nSPS) is 13.0. The van der Waals surface area contributed by atoms with Crippen molar-refractivity contribution in [2.75, 3.05) is 39.3 Å². The van der Waals surface area contributed by atoms with E-state index >= 15 is 0 Å². The molecule has 2 aromatic carbocycles. The monoisotopic (exact) mass is 340 g/mol. The van der Waals surface area contributed by atoms with Gasteiger partial charge in [-0.2, -0.15) is 0 Å². The fraction of sp³-hybridized carbons (Fsp3) is 0.350. The van der Waals surface area contributed by atoms with E-state index in [9.17, 15) is 4.79 Å². The summed E-state index contributed by atoms with van der Waals surface area (Å²) >= 11 is 0. The number of para-hydroxylation sites is 2. The van der Waals surface area contributed by atoms with Crippen LogP contribution in [0.25, 0.3) is 0 Å². The zero-order valence-corrected chi connectivity index (χ0v) is 15.0. The highest BCUT2D eigenvalue weighted by Crippen LogP contribution is 2.31. The number of hydrogen-bond donors (Lipinski definition) is 0. The molecule has 0 radical (unpaired) electrons. The van der Waals surface area contributed by atoms with Gasteiger partial charge in [0.2, 0.25) is 5.91 Å². The molecule has 0 spiro atoms. The fourth-order valence-corrected chi connectivity index (χ4v) is 3.34. The minimum absolute atomic E-state index is 0.120. The lowest BCUT2D eigenvalue weighted by Crippen LogP contribution is -2.37. The van der Waals surface area contributed by atoms with Crippen LogP contribution in [0, 0.1) is 0 Å². The van der Waals surface area contributed by atoms with Crippen LogP contribution in [0.4, 0.5) is 5.69 Å². The van der Waals surface area contributed by atoms with E-state index in [0.717, 1.165) is 30.0 Å². The van der Waals surface area contributed by atoms with Gasteiger partial charge in [0.25, 0.3) is 0 Å². The second kappa shape index (κ2) is 7.57. The summed E-state index contributed by atoms with van der Waals surface area (Å²) in [4.78, 5) is 16.6. The zero-order chi connectivity index (χ0) is 17.8. The number of fused-ring (bicyclic) bond motifs is 1. The Balaban J connectivity index is 1.67. The van der Waals surface area contributed by atoms with E-state index in [-0.39, 0.29) is 5.91 Å². The van der Waals surface area contributed by atoms with Crippen LogP contribution < -0.4 is 14.4 Å². The van der Waals surface area contributed by atoms with Crippen molar-refractivity contribution in [1.29, 1.82) is 0 Å². The first-order chi connectivity index (χ1) is 12.1. The molecule has 25 heavy (non-hydrogen) atoms. The summed E-state index contributed by atoms with van der Waals surface area (Å²) in [5.74, 6) is 1.54. The maximum atomic E-state index is 12.7. The molecule has 0 bridgehead atoms. The largest absolute Gasteiger partial charge is 0.493 e. The molecule has 2 aromatic rings. The van der Waals surface area contributed by atoms with Crippen molar-refractivity contribution >= 4 is 11.6 Å². The number of benzene rings is 2. The van der Waals surface area contributed by atoms with Crippen LogP contribution in [0.1, 0.15) is 11.1 Å². The van der Waals surface area contributed by atoms with Crippen LogP contribution in [0.2, 0.25) is 0 Å². The average Bonchev–Trinajstić information content (AvgIpc) is 3.05. The standard InChI is InChI=1S/C20H24N2O3/c1-21(13-16-8-6-10-18(24-2)20(16)25-3)14-19(23)22-12-11-15-7-4-5-9-17(15)22/h4-10H,11-14H2,1-3H3. The van der Waals surface area contributed by atoms with E-state index in [0.29, 0.717) is 18.8 Å². The molecule has 1 aliphatic rings. The molecule has 3 rings (SSSR count). The molecule has 1 amide bonds. The lowest BCUT2D eigenvalue weighted by atomic mass is 10.1. The number of likely N-dealkylation sites (N-methyl/N-ethyl adjacent to an activating group) is 1. The SMILES string of the molecule is COc1cccc(CN(C)CC(=O)N2CCc3ccccc32)c1OC. The Kier molecular flexibility index (Phi) is 5.24. The van der Waals surface area contributed by atoms with Gasteiger partial charge in [-0.1, -0.05) is 30.3 Å². The summed E-state index contributed by atoms with van der Waals surface area (Å²) in [7, 11) is 5.20. The van der Waals surface area contributed by atoms with Crippen molar-refractivity contribution in [3.8, 4) is 11.5 Å². The smallest absolute Gasteiger partial charge is 0.241 e. The van der Waals surface area contributed by atoms with Gasteiger partial charge in [0.1, 0.15) is 0 Å². The summed E-state index contributed by atoms with van der Waals surface area (Å²) in [5.41, 5.74) is 3.28. The Hall–Kier alpha value is -2.53. The molecule has 132 valence electrons. The first kappa shape index (κ1) is 17.3. The molecule has 0 aliphatic carbocycles. The predicted octanol–water partition coefficient (Wildman–Crippen LogP) is 2.72. The lowest BCUT2D eigenvalue weighted by molar-refractivity contribution is -0.119. The molecular weight excluding hydrogens is 316 g/mol. The average molecular weight is 340 g/mol. The lowest BCUT2D eigenvalue weighted by Gasteiger charge is -2.23. The van der Waals surface area contributed by atoms with E-state index < -0.39 is 0 Å². The van der Waals surface area contributed by atoms with Crippen molar-refractivity contribution in [1.82, 2.24) is 4.90 Å². The van der Waals surface area contributed by atoms with E-state index in [4.69, 9.17) is 9.47 Å². The number of rotatable bonds is 6. The van der Waals surface area contributed by atoms with Crippen LogP contribution in [0.15, 0.2) is 42.5 Å². The number of ether oxygens (including phenoxy) is 2. The number of methoxy groups -OCH3 is 2. The Morgan fingerprint density at radius 1 is 1.12 bits per heavy atom. The number of amides is 1. The van der Waals surface area contributed by atoms with Crippen molar-refractivity contribution in [3.05, 3.63) is 53.6 Å². The summed E-state index contributed by atoms with van der Waals surface area (Å²) in [6.07, 6.45) is 0.926. The number of carbonyl (C=O) groups excluding carboxylic acids is 1. The second-order valence-electron chi connectivity index (χ2n) is 6.25. The van der Waals surface area contributed by atoms with Gasteiger partial charge in [-0.25, -0.2) is 0 Å². The molecule has 0 saturated heterocycles. The maximum Gasteiger partial charge on any atom is 0.241 e. The van der Waals surface area contributed by atoms with Gasteiger partial charge in [-0.05, 0) is 31.2 Å². The Bertz CT molecular complexity index is 760. The van der Waals surface area contributed by atoms with Crippen LogP contribution >= 0.6 is 0 Å². The predicted molar refractivity (Wildman–Crippen MR) is 98.4 cm³/mol. The van der Waals surface area contributed by atoms with Gasteiger partial charge in [-0.15, -0.1) is 0 Å². The van der Waals surface area contributed by atoms with Gasteiger partial charge < -0.3 is 14.4 Å². The van der Waals surface area contributed by atoms with E-state index in [2.05, 4.69) is 6.07 Å². The molecule has 0 N–H and O–H groups in total. The number of carbonyl (C=O) groups is 1. The van der Waals surface area contributed by atoms with Gasteiger partial charge in [-0.3, -0.25) is 9.69 Å². The van der Waals surface area contributed by atoms with E-state index in [1.165, 1.54) is 5.56 Å². The van der Waals surface area contributed by atoms with Crippen molar-refractivity contribution in [2.45, 2.75) is 13.0 Å². The van der Waals surface area contributed by atoms with E-state index in [1.54, 1.807) is 14.2 Å². The highest BCUT2D eigenvalue weighted by Gasteiger charge is 2.25. The molecule has 0 aromatic heterocycles. The topological polar surface area (TPSA) is 42.0 Å². The van der Waals surface area contributed by atoms with Crippen LogP contribution in [0.3, 0.4) is 0 Å².